The molecule has 0 saturated carbocycles. The second-order valence-corrected chi connectivity index (χ2v) is 4.30. The molecule has 13 heavy (non-hydrogen) atoms. The topological polar surface area (TPSA) is 36.9 Å². The SMILES string of the molecule is CN1CCCN=C1NOC(C)(C)C. The van der Waals surface area contributed by atoms with Crippen LogP contribution in [0.4, 0.5) is 0 Å². The van der Waals surface area contributed by atoms with E-state index < -0.39 is 0 Å². The van der Waals surface area contributed by atoms with Gasteiger partial charge in [0.2, 0.25) is 5.96 Å². The maximum Gasteiger partial charge on any atom is 0.218 e. The summed E-state index contributed by atoms with van der Waals surface area (Å²) >= 11 is 0. The zero-order valence-corrected chi connectivity index (χ0v) is 8.92. The van der Waals surface area contributed by atoms with Gasteiger partial charge in [-0.3, -0.25) is 9.83 Å². The molecule has 0 atom stereocenters. The first-order valence-electron chi connectivity index (χ1n) is 4.69. The predicted octanol–water partition coefficient (Wildman–Crippen LogP) is 0.998. The highest BCUT2D eigenvalue weighted by molar-refractivity contribution is 5.79. The Labute approximate surface area is 79.9 Å². The standard InChI is InChI=1S/C9H19N3O/c1-9(2,3)13-11-8-10-6-5-7-12(8)4/h5-7H2,1-4H3,(H,10,11). The number of nitrogens with one attached hydrogen (secondary N) is 1. The van der Waals surface area contributed by atoms with Crippen molar-refractivity contribution in [3.8, 4) is 0 Å². The van der Waals surface area contributed by atoms with Crippen molar-refractivity contribution < 1.29 is 4.84 Å². The molecular weight excluding hydrogens is 166 g/mol. The average Bonchev–Trinajstić information content (AvgIpc) is 2.01. The van der Waals surface area contributed by atoms with Crippen molar-refractivity contribution >= 4 is 5.96 Å². The van der Waals surface area contributed by atoms with E-state index in [1.165, 1.54) is 0 Å². The number of hydroxylamine groups is 1. The molecule has 1 heterocycles. The van der Waals surface area contributed by atoms with Crippen molar-refractivity contribution in [2.75, 3.05) is 20.1 Å². The Morgan fingerprint density at radius 2 is 2.15 bits per heavy atom. The largest absolute Gasteiger partial charge is 0.344 e. The molecule has 1 N–H and O–H groups in total. The lowest BCUT2D eigenvalue weighted by molar-refractivity contribution is -0.0473. The van der Waals surface area contributed by atoms with E-state index in [0.717, 1.165) is 25.5 Å². The molecule has 0 aromatic heterocycles. The van der Waals surface area contributed by atoms with Gasteiger partial charge in [0, 0.05) is 20.1 Å². The van der Waals surface area contributed by atoms with Gasteiger partial charge in [0.05, 0.1) is 5.60 Å². The van der Waals surface area contributed by atoms with Crippen LogP contribution in [0.2, 0.25) is 0 Å². The van der Waals surface area contributed by atoms with Crippen LogP contribution < -0.4 is 5.48 Å². The number of nitrogens with zero attached hydrogens (tertiary/aromatic N) is 2. The Hall–Kier alpha value is -0.770. The van der Waals surface area contributed by atoms with Crippen molar-refractivity contribution in [2.24, 2.45) is 4.99 Å². The third-order valence-electron chi connectivity index (χ3n) is 1.72. The normalized spacial score (nSPS) is 18.5. The van der Waals surface area contributed by atoms with E-state index in [1.807, 2.05) is 27.8 Å². The van der Waals surface area contributed by atoms with Crippen LogP contribution in [0.3, 0.4) is 0 Å². The third kappa shape index (κ3) is 3.63. The second kappa shape index (κ2) is 3.96. The van der Waals surface area contributed by atoms with Crippen LogP contribution in [0, 0.1) is 0 Å². The van der Waals surface area contributed by atoms with Crippen LogP contribution >= 0.6 is 0 Å². The molecule has 0 saturated heterocycles. The molecule has 1 rings (SSSR count). The van der Waals surface area contributed by atoms with E-state index >= 15 is 0 Å². The highest BCUT2D eigenvalue weighted by atomic mass is 16.7. The zero-order valence-electron chi connectivity index (χ0n) is 8.92. The van der Waals surface area contributed by atoms with E-state index in [0.29, 0.717) is 0 Å². The fraction of sp³-hybridized carbons (Fsp3) is 0.889. The minimum atomic E-state index is -0.180. The lowest BCUT2D eigenvalue weighted by Crippen LogP contribution is -2.44. The van der Waals surface area contributed by atoms with Gasteiger partial charge >= 0.3 is 0 Å². The maximum absolute atomic E-state index is 5.42. The minimum Gasteiger partial charge on any atom is -0.344 e. The summed E-state index contributed by atoms with van der Waals surface area (Å²) < 4.78 is 0. The van der Waals surface area contributed by atoms with Gasteiger partial charge in [0.1, 0.15) is 0 Å². The quantitative estimate of drug-likeness (QED) is 0.619. The summed E-state index contributed by atoms with van der Waals surface area (Å²) in [6.07, 6.45) is 1.12. The summed E-state index contributed by atoms with van der Waals surface area (Å²) in [6, 6.07) is 0. The van der Waals surface area contributed by atoms with Crippen LogP contribution in [-0.2, 0) is 4.84 Å². The van der Waals surface area contributed by atoms with Gasteiger partial charge in [-0.2, -0.15) is 0 Å². The molecule has 76 valence electrons. The first kappa shape index (κ1) is 10.3. The Bertz CT molecular complexity index is 196. The number of rotatable bonds is 1. The molecular formula is C9H19N3O. The Kier molecular flexibility index (Phi) is 3.14. The van der Waals surface area contributed by atoms with Gasteiger partial charge in [-0.05, 0) is 27.2 Å². The van der Waals surface area contributed by atoms with Crippen molar-refractivity contribution in [1.29, 1.82) is 0 Å². The smallest absolute Gasteiger partial charge is 0.218 e. The molecule has 1 aliphatic heterocycles. The van der Waals surface area contributed by atoms with Gasteiger partial charge in [-0.25, -0.2) is 5.48 Å². The van der Waals surface area contributed by atoms with Crippen LogP contribution in [0.1, 0.15) is 27.2 Å². The van der Waals surface area contributed by atoms with Crippen LogP contribution in [0.25, 0.3) is 0 Å². The molecule has 4 nitrogen and oxygen atoms in total. The molecule has 0 aliphatic carbocycles. The Morgan fingerprint density at radius 1 is 1.46 bits per heavy atom. The highest BCUT2D eigenvalue weighted by Crippen LogP contribution is 2.05. The van der Waals surface area contributed by atoms with E-state index in [4.69, 9.17) is 4.84 Å². The van der Waals surface area contributed by atoms with Crippen LogP contribution in [0.15, 0.2) is 4.99 Å². The van der Waals surface area contributed by atoms with Crippen molar-refractivity contribution in [3.05, 3.63) is 0 Å². The van der Waals surface area contributed by atoms with Gasteiger partial charge < -0.3 is 4.90 Å². The molecule has 0 aromatic carbocycles. The lowest BCUT2D eigenvalue weighted by atomic mass is 10.2. The van der Waals surface area contributed by atoms with Gasteiger partial charge in [-0.15, -0.1) is 0 Å². The van der Waals surface area contributed by atoms with Crippen molar-refractivity contribution in [3.63, 3.8) is 0 Å². The van der Waals surface area contributed by atoms with E-state index in [9.17, 15) is 0 Å². The van der Waals surface area contributed by atoms with E-state index in [2.05, 4.69) is 15.4 Å². The molecule has 0 unspecified atom stereocenters. The fourth-order valence-electron chi connectivity index (χ4n) is 1.03. The number of hydrogen-bond acceptors (Lipinski definition) is 4. The summed E-state index contributed by atoms with van der Waals surface area (Å²) in [7, 11) is 2.01. The summed E-state index contributed by atoms with van der Waals surface area (Å²) in [4.78, 5) is 11.8. The van der Waals surface area contributed by atoms with Crippen molar-refractivity contribution in [2.45, 2.75) is 32.8 Å². The summed E-state index contributed by atoms with van der Waals surface area (Å²) in [6.45, 7) is 7.94. The fourth-order valence-corrected chi connectivity index (χ4v) is 1.03. The monoisotopic (exact) mass is 185 g/mol. The van der Waals surface area contributed by atoms with E-state index in [-0.39, 0.29) is 5.60 Å². The zero-order chi connectivity index (χ0) is 9.90. The average molecular weight is 185 g/mol. The number of hydrogen-bond donors (Lipinski definition) is 1. The van der Waals surface area contributed by atoms with Gasteiger partial charge in [-0.1, -0.05) is 0 Å². The second-order valence-electron chi connectivity index (χ2n) is 4.30. The predicted molar refractivity (Wildman–Crippen MR) is 53.5 cm³/mol. The molecule has 0 radical (unpaired) electrons. The molecule has 0 amide bonds. The molecule has 0 spiro atoms. The third-order valence-corrected chi connectivity index (χ3v) is 1.72. The minimum absolute atomic E-state index is 0.180. The molecule has 0 bridgehead atoms. The summed E-state index contributed by atoms with van der Waals surface area (Å²) in [5, 5.41) is 0. The Morgan fingerprint density at radius 3 is 2.69 bits per heavy atom. The molecule has 0 fully saturated rings. The maximum atomic E-state index is 5.42. The first-order chi connectivity index (χ1) is 5.99. The number of guanidine groups is 1. The van der Waals surface area contributed by atoms with Crippen molar-refractivity contribution in [1.82, 2.24) is 10.4 Å². The molecule has 1 aliphatic rings. The highest BCUT2D eigenvalue weighted by Gasteiger charge is 2.15. The lowest BCUT2D eigenvalue weighted by Gasteiger charge is -2.28. The molecule has 0 aromatic rings. The van der Waals surface area contributed by atoms with Crippen LogP contribution in [-0.4, -0.2) is 36.6 Å². The summed E-state index contributed by atoms with van der Waals surface area (Å²) in [5.74, 6) is 0.834. The first-order valence-corrected chi connectivity index (χ1v) is 4.69. The van der Waals surface area contributed by atoms with Crippen LogP contribution in [0.5, 0.6) is 0 Å². The summed E-state index contributed by atoms with van der Waals surface area (Å²) in [5.41, 5.74) is 2.71. The molecule has 4 heteroatoms. The van der Waals surface area contributed by atoms with E-state index in [1.54, 1.807) is 0 Å². The van der Waals surface area contributed by atoms with Gasteiger partial charge in [0.15, 0.2) is 0 Å². The Balaban J connectivity index is 2.39. The van der Waals surface area contributed by atoms with Gasteiger partial charge in [0.25, 0.3) is 0 Å². The number of aliphatic imine (C=N–C) groups is 1.